The molecule has 1 aromatic heterocycles. The van der Waals surface area contributed by atoms with Crippen molar-refractivity contribution in [3.63, 3.8) is 0 Å². The number of amides is 2. The van der Waals surface area contributed by atoms with Crippen LogP contribution in [0.1, 0.15) is 32.0 Å². The lowest BCUT2D eigenvalue weighted by Crippen LogP contribution is -2.43. The molecule has 0 aliphatic carbocycles. The zero-order valence-corrected chi connectivity index (χ0v) is 11.8. The molecule has 0 spiro atoms. The van der Waals surface area contributed by atoms with E-state index in [2.05, 4.69) is 20.8 Å². The minimum Gasteiger partial charge on any atom is -0.481 e. The first kappa shape index (κ1) is 15.9. The first-order chi connectivity index (χ1) is 9.52. The van der Waals surface area contributed by atoms with E-state index in [-0.39, 0.29) is 18.5 Å². The van der Waals surface area contributed by atoms with Crippen molar-refractivity contribution < 1.29 is 14.7 Å². The maximum absolute atomic E-state index is 11.7. The van der Waals surface area contributed by atoms with Crippen molar-refractivity contribution in [2.45, 2.75) is 38.6 Å². The largest absolute Gasteiger partial charge is 0.481 e. The molecule has 1 aromatic rings. The number of aliphatic carboxylic acids is 1. The summed E-state index contributed by atoms with van der Waals surface area (Å²) in [5.74, 6) is -0.135. The molecule has 0 aromatic carbocycles. The maximum atomic E-state index is 11.7. The second-order valence-corrected chi connectivity index (χ2v) is 4.59. The monoisotopic (exact) mass is 283 g/mol. The first-order valence-electron chi connectivity index (χ1n) is 6.62. The van der Waals surface area contributed by atoms with Crippen LogP contribution in [-0.2, 0) is 18.3 Å². The molecule has 0 saturated carbocycles. The van der Waals surface area contributed by atoms with Crippen molar-refractivity contribution in [1.29, 1.82) is 0 Å². The van der Waals surface area contributed by atoms with Crippen LogP contribution in [0.3, 0.4) is 0 Å². The van der Waals surface area contributed by atoms with Gasteiger partial charge in [-0.15, -0.1) is 10.2 Å². The molecule has 0 bridgehead atoms. The molecule has 1 atom stereocenters. The molecule has 1 unspecified atom stereocenters. The first-order valence-corrected chi connectivity index (χ1v) is 6.62. The summed E-state index contributed by atoms with van der Waals surface area (Å²) >= 11 is 0. The van der Waals surface area contributed by atoms with Crippen LogP contribution in [0.15, 0.2) is 6.33 Å². The van der Waals surface area contributed by atoms with Crippen molar-refractivity contribution >= 4 is 12.0 Å². The van der Waals surface area contributed by atoms with Gasteiger partial charge in [0.2, 0.25) is 0 Å². The Kier molecular flexibility index (Phi) is 6.48. The van der Waals surface area contributed by atoms with Crippen molar-refractivity contribution in [2.24, 2.45) is 7.05 Å². The average Bonchev–Trinajstić information content (AvgIpc) is 2.74. The van der Waals surface area contributed by atoms with E-state index in [4.69, 9.17) is 5.11 Å². The summed E-state index contributed by atoms with van der Waals surface area (Å²) in [6.45, 7) is 2.37. The number of carboxylic acids is 1. The van der Waals surface area contributed by atoms with Crippen LogP contribution in [0, 0.1) is 0 Å². The number of nitrogens with zero attached hydrogens (tertiary/aromatic N) is 3. The Balaban J connectivity index is 2.30. The second kappa shape index (κ2) is 8.13. The van der Waals surface area contributed by atoms with Gasteiger partial charge in [-0.3, -0.25) is 4.79 Å². The standard InChI is InChI=1S/C12H21N5O3/c1-3-4-9(7-11(18)19)15-12(20)13-6-5-10-16-14-8-17(10)2/h8-9H,3-7H2,1-2H3,(H,18,19)(H2,13,15,20). The third-order valence-corrected chi connectivity index (χ3v) is 2.83. The summed E-state index contributed by atoms with van der Waals surface area (Å²) in [4.78, 5) is 22.3. The van der Waals surface area contributed by atoms with Gasteiger partial charge in [0.25, 0.3) is 0 Å². The van der Waals surface area contributed by atoms with E-state index in [1.807, 2.05) is 14.0 Å². The zero-order chi connectivity index (χ0) is 15.0. The number of carbonyl (C=O) groups is 2. The number of hydrogen-bond donors (Lipinski definition) is 3. The molecule has 20 heavy (non-hydrogen) atoms. The molecular formula is C12H21N5O3. The van der Waals surface area contributed by atoms with Crippen LogP contribution in [-0.4, -0.2) is 44.5 Å². The molecule has 1 rings (SSSR count). The molecule has 0 fully saturated rings. The minimum atomic E-state index is -0.914. The molecule has 0 aliphatic heterocycles. The van der Waals surface area contributed by atoms with Crippen LogP contribution < -0.4 is 10.6 Å². The van der Waals surface area contributed by atoms with Crippen LogP contribution in [0.4, 0.5) is 4.79 Å². The fourth-order valence-electron chi connectivity index (χ4n) is 1.84. The summed E-state index contributed by atoms with van der Waals surface area (Å²) in [6.07, 6.45) is 3.56. The summed E-state index contributed by atoms with van der Waals surface area (Å²) < 4.78 is 1.78. The molecule has 0 saturated heterocycles. The molecule has 8 nitrogen and oxygen atoms in total. The predicted molar refractivity (Wildman–Crippen MR) is 72.2 cm³/mol. The normalized spacial score (nSPS) is 11.9. The summed E-state index contributed by atoms with van der Waals surface area (Å²) in [5, 5.41) is 21.8. The van der Waals surface area contributed by atoms with E-state index in [0.29, 0.717) is 19.4 Å². The fraction of sp³-hybridized carbons (Fsp3) is 0.667. The lowest BCUT2D eigenvalue weighted by atomic mass is 10.1. The van der Waals surface area contributed by atoms with Gasteiger partial charge in [-0.05, 0) is 6.42 Å². The van der Waals surface area contributed by atoms with Gasteiger partial charge < -0.3 is 20.3 Å². The third kappa shape index (κ3) is 5.68. The molecule has 3 N–H and O–H groups in total. The Morgan fingerprint density at radius 2 is 2.25 bits per heavy atom. The quantitative estimate of drug-likeness (QED) is 0.635. The third-order valence-electron chi connectivity index (χ3n) is 2.83. The highest BCUT2D eigenvalue weighted by Gasteiger charge is 2.14. The molecule has 0 aliphatic rings. The Labute approximate surface area is 117 Å². The van der Waals surface area contributed by atoms with Crippen LogP contribution in [0.5, 0.6) is 0 Å². The minimum absolute atomic E-state index is 0.0649. The molecular weight excluding hydrogens is 262 g/mol. The van der Waals surface area contributed by atoms with Gasteiger partial charge in [-0.2, -0.15) is 0 Å². The topological polar surface area (TPSA) is 109 Å². The van der Waals surface area contributed by atoms with Gasteiger partial charge in [-0.1, -0.05) is 13.3 Å². The highest BCUT2D eigenvalue weighted by molar-refractivity contribution is 5.75. The number of hydrogen-bond acceptors (Lipinski definition) is 4. The van der Waals surface area contributed by atoms with Gasteiger partial charge in [0.15, 0.2) is 0 Å². The summed E-state index contributed by atoms with van der Waals surface area (Å²) in [7, 11) is 1.83. The number of carbonyl (C=O) groups excluding carboxylic acids is 1. The summed E-state index contributed by atoms with van der Waals surface area (Å²) in [5.41, 5.74) is 0. The lowest BCUT2D eigenvalue weighted by molar-refractivity contribution is -0.137. The smallest absolute Gasteiger partial charge is 0.315 e. The van der Waals surface area contributed by atoms with Crippen molar-refractivity contribution in [2.75, 3.05) is 6.54 Å². The summed E-state index contributed by atoms with van der Waals surface area (Å²) in [6, 6.07) is -0.695. The zero-order valence-electron chi connectivity index (χ0n) is 11.8. The maximum Gasteiger partial charge on any atom is 0.315 e. The Bertz CT molecular complexity index is 446. The molecule has 2 amide bonds. The number of nitrogens with one attached hydrogen (secondary N) is 2. The molecule has 8 heteroatoms. The highest BCUT2D eigenvalue weighted by atomic mass is 16.4. The van der Waals surface area contributed by atoms with Crippen LogP contribution in [0.25, 0.3) is 0 Å². The van der Waals surface area contributed by atoms with E-state index < -0.39 is 5.97 Å². The highest BCUT2D eigenvalue weighted by Crippen LogP contribution is 2.01. The number of urea groups is 1. The van der Waals surface area contributed by atoms with Gasteiger partial charge in [0.1, 0.15) is 12.2 Å². The van der Waals surface area contributed by atoms with E-state index >= 15 is 0 Å². The Morgan fingerprint density at radius 3 is 2.80 bits per heavy atom. The average molecular weight is 283 g/mol. The van der Waals surface area contributed by atoms with E-state index in [1.165, 1.54) is 0 Å². The SMILES string of the molecule is CCCC(CC(=O)O)NC(=O)NCCc1nncn1C. The molecule has 1 heterocycles. The Morgan fingerprint density at radius 1 is 1.50 bits per heavy atom. The van der Waals surface area contributed by atoms with E-state index in [9.17, 15) is 9.59 Å². The van der Waals surface area contributed by atoms with Crippen molar-refractivity contribution in [3.8, 4) is 0 Å². The molecule has 0 radical (unpaired) electrons. The van der Waals surface area contributed by atoms with E-state index in [0.717, 1.165) is 12.2 Å². The second-order valence-electron chi connectivity index (χ2n) is 4.59. The predicted octanol–water partition coefficient (Wildman–Crippen LogP) is 0.300. The van der Waals surface area contributed by atoms with Crippen molar-refractivity contribution in [3.05, 3.63) is 12.2 Å². The molecule has 112 valence electrons. The van der Waals surface area contributed by atoms with Gasteiger partial charge in [0.05, 0.1) is 6.42 Å². The van der Waals surface area contributed by atoms with Crippen LogP contribution in [0.2, 0.25) is 0 Å². The number of rotatable bonds is 8. The van der Waals surface area contributed by atoms with Gasteiger partial charge in [-0.25, -0.2) is 4.79 Å². The van der Waals surface area contributed by atoms with Gasteiger partial charge in [0, 0.05) is 26.1 Å². The van der Waals surface area contributed by atoms with Crippen LogP contribution >= 0.6 is 0 Å². The number of aromatic nitrogens is 3. The lowest BCUT2D eigenvalue weighted by Gasteiger charge is -2.16. The van der Waals surface area contributed by atoms with Crippen molar-refractivity contribution in [1.82, 2.24) is 25.4 Å². The Hall–Kier alpha value is -2.12. The number of carboxylic acid groups (broad SMARTS) is 1. The van der Waals surface area contributed by atoms with Gasteiger partial charge >= 0.3 is 12.0 Å². The number of aryl methyl sites for hydroxylation is 1. The van der Waals surface area contributed by atoms with E-state index in [1.54, 1.807) is 10.9 Å². The fourth-order valence-corrected chi connectivity index (χ4v) is 1.84.